The largest absolute Gasteiger partial charge is 0.391 e. The van der Waals surface area contributed by atoms with E-state index in [1.54, 1.807) is 0 Å². The molecule has 3 aliphatic rings. The number of rotatable bonds is 1. The number of hydrogen-bond donors (Lipinski definition) is 1. The average Bonchev–Trinajstić information content (AvgIpc) is 2.85. The first kappa shape index (κ1) is 10.3. The monoisotopic (exact) mass is 232 g/mol. The van der Waals surface area contributed by atoms with Crippen molar-refractivity contribution in [2.45, 2.75) is 43.6 Å². The Kier molecular flexibility index (Phi) is 2.47. The maximum absolute atomic E-state index is 9.94. The van der Waals surface area contributed by atoms with E-state index in [4.69, 9.17) is 21.1 Å². The summed E-state index contributed by atoms with van der Waals surface area (Å²) in [6.45, 7) is 2.70. The third-order valence-corrected chi connectivity index (χ3v) is 4.74. The lowest BCUT2D eigenvalue weighted by molar-refractivity contribution is -0.120. The maximum atomic E-state index is 9.94. The molecule has 2 bridgehead atoms. The molecule has 0 aromatic rings. The van der Waals surface area contributed by atoms with Crippen LogP contribution >= 0.6 is 11.6 Å². The minimum absolute atomic E-state index is 0.0509. The highest BCUT2D eigenvalue weighted by Crippen LogP contribution is 2.52. The van der Waals surface area contributed by atoms with E-state index in [-0.39, 0.29) is 29.8 Å². The third-order valence-electron chi connectivity index (χ3n) is 4.13. The van der Waals surface area contributed by atoms with Gasteiger partial charge in [-0.2, -0.15) is 0 Å². The molecule has 3 fully saturated rings. The van der Waals surface area contributed by atoms with E-state index in [9.17, 15) is 5.11 Å². The first-order valence-electron chi connectivity index (χ1n) is 5.76. The first-order chi connectivity index (χ1) is 7.16. The predicted molar refractivity (Wildman–Crippen MR) is 55.6 cm³/mol. The van der Waals surface area contributed by atoms with E-state index in [1.807, 2.05) is 6.92 Å². The predicted octanol–water partition coefficient (Wildman–Crippen LogP) is 1.37. The molecule has 86 valence electrons. The zero-order valence-electron chi connectivity index (χ0n) is 8.80. The Morgan fingerprint density at radius 1 is 1.27 bits per heavy atom. The highest BCUT2D eigenvalue weighted by molar-refractivity contribution is 6.21. The van der Waals surface area contributed by atoms with Crippen LogP contribution in [0.5, 0.6) is 0 Å². The molecule has 3 rings (SSSR count). The van der Waals surface area contributed by atoms with Crippen LogP contribution in [-0.4, -0.2) is 35.6 Å². The SMILES string of the molecule is C[C@@H]1CO[C@H]([C@@H]2C[C@@H]3C[C@@H]2[C@H](O)[C@@H]3Cl)O1. The topological polar surface area (TPSA) is 38.7 Å². The Morgan fingerprint density at radius 3 is 2.53 bits per heavy atom. The molecule has 1 aliphatic heterocycles. The molecular weight excluding hydrogens is 216 g/mol. The Labute approximate surface area is 94.7 Å². The van der Waals surface area contributed by atoms with Crippen LogP contribution in [0.4, 0.5) is 0 Å². The lowest BCUT2D eigenvalue weighted by Crippen LogP contribution is -2.39. The van der Waals surface area contributed by atoms with E-state index in [1.165, 1.54) is 0 Å². The second-order valence-corrected chi connectivity index (χ2v) is 5.65. The van der Waals surface area contributed by atoms with Crippen molar-refractivity contribution in [3.05, 3.63) is 0 Å². The minimum atomic E-state index is -0.362. The van der Waals surface area contributed by atoms with Crippen LogP contribution in [0.2, 0.25) is 0 Å². The zero-order valence-corrected chi connectivity index (χ0v) is 9.56. The van der Waals surface area contributed by atoms with Gasteiger partial charge in [-0.25, -0.2) is 0 Å². The second kappa shape index (κ2) is 3.59. The van der Waals surface area contributed by atoms with E-state index in [0.29, 0.717) is 18.4 Å². The first-order valence-corrected chi connectivity index (χ1v) is 6.19. The molecular formula is C11H17ClO3. The fourth-order valence-electron chi connectivity index (χ4n) is 3.39. The summed E-state index contributed by atoms with van der Waals surface area (Å²) in [5.41, 5.74) is 0. The fraction of sp³-hybridized carbons (Fsp3) is 1.00. The van der Waals surface area contributed by atoms with Gasteiger partial charge in [-0.1, -0.05) is 0 Å². The van der Waals surface area contributed by atoms with Crippen LogP contribution in [0.15, 0.2) is 0 Å². The molecule has 1 heterocycles. The van der Waals surface area contributed by atoms with Gasteiger partial charge in [0.05, 0.1) is 24.2 Å². The second-order valence-electron chi connectivity index (χ2n) is 5.14. The highest BCUT2D eigenvalue weighted by atomic mass is 35.5. The number of ether oxygens (including phenoxy) is 2. The molecule has 7 atom stereocenters. The summed E-state index contributed by atoms with van der Waals surface area (Å²) < 4.78 is 11.3. The summed E-state index contributed by atoms with van der Waals surface area (Å²) in [6.07, 6.45) is 1.82. The molecule has 0 aromatic heterocycles. The van der Waals surface area contributed by atoms with Crippen molar-refractivity contribution in [2.24, 2.45) is 17.8 Å². The molecule has 3 nitrogen and oxygen atoms in total. The summed E-state index contributed by atoms with van der Waals surface area (Å²) in [6, 6.07) is 0. The Bertz CT molecular complexity index is 258. The molecule has 4 heteroatoms. The van der Waals surface area contributed by atoms with E-state index >= 15 is 0 Å². The molecule has 2 saturated carbocycles. The van der Waals surface area contributed by atoms with Crippen LogP contribution in [0, 0.1) is 17.8 Å². The molecule has 0 spiro atoms. The van der Waals surface area contributed by atoms with Crippen molar-refractivity contribution in [3.63, 3.8) is 0 Å². The summed E-state index contributed by atoms with van der Waals surface area (Å²) in [4.78, 5) is 0. The maximum Gasteiger partial charge on any atom is 0.161 e. The standard InChI is InChI=1S/C11H17ClO3/c1-5-4-14-11(15-5)8-3-6-2-7(8)10(13)9(6)12/h5-11,13H,2-4H2,1H3/t5-,6+,7+,8-,9-,10+,11+/m1/s1. The molecule has 1 saturated heterocycles. The van der Waals surface area contributed by atoms with Gasteiger partial charge in [-0.15, -0.1) is 11.6 Å². The van der Waals surface area contributed by atoms with Crippen LogP contribution in [0.1, 0.15) is 19.8 Å². The van der Waals surface area contributed by atoms with Crippen molar-refractivity contribution in [2.75, 3.05) is 6.61 Å². The Balaban J connectivity index is 1.70. The van der Waals surface area contributed by atoms with Gasteiger partial charge >= 0.3 is 0 Å². The molecule has 1 N–H and O–H groups in total. The molecule has 15 heavy (non-hydrogen) atoms. The van der Waals surface area contributed by atoms with Crippen LogP contribution in [0.25, 0.3) is 0 Å². The fourth-order valence-corrected chi connectivity index (χ4v) is 3.78. The summed E-state index contributed by atoms with van der Waals surface area (Å²) in [5.74, 6) is 1.09. The smallest absolute Gasteiger partial charge is 0.161 e. The number of hydrogen-bond acceptors (Lipinski definition) is 3. The van der Waals surface area contributed by atoms with Gasteiger partial charge in [0.2, 0.25) is 0 Å². The Morgan fingerprint density at radius 2 is 2.00 bits per heavy atom. The number of alkyl halides is 1. The highest BCUT2D eigenvalue weighted by Gasteiger charge is 2.55. The van der Waals surface area contributed by atoms with E-state index < -0.39 is 0 Å². The molecule has 0 amide bonds. The zero-order chi connectivity index (χ0) is 10.6. The summed E-state index contributed by atoms with van der Waals surface area (Å²) in [7, 11) is 0. The number of aliphatic hydroxyl groups is 1. The van der Waals surface area contributed by atoms with Crippen molar-refractivity contribution >= 4 is 11.6 Å². The summed E-state index contributed by atoms with van der Waals surface area (Å²) >= 11 is 6.13. The van der Waals surface area contributed by atoms with Crippen molar-refractivity contribution in [3.8, 4) is 0 Å². The van der Waals surface area contributed by atoms with Crippen molar-refractivity contribution in [1.29, 1.82) is 0 Å². The minimum Gasteiger partial charge on any atom is -0.391 e. The number of halogens is 1. The van der Waals surface area contributed by atoms with E-state index in [0.717, 1.165) is 12.8 Å². The molecule has 0 radical (unpaired) electrons. The average molecular weight is 233 g/mol. The van der Waals surface area contributed by atoms with Gasteiger partial charge in [0, 0.05) is 5.92 Å². The quantitative estimate of drug-likeness (QED) is 0.694. The number of fused-ring (bicyclic) bond motifs is 2. The van der Waals surface area contributed by atoms with Crippen molar-refractivity contribution < 1.29 is 14.6 Å². The Hall–Kier alpha value is 0.170. The van der Waals surface area contributed by atoms with Crippen molar-refractivity contribution in [1.82, 2.24) is 0 Å². The lowest BCUT2D eigenvalue weighted by atomic mass is 9.86. The van der Waals surface area contributed by atoms with Gasteiger partial charge in [0.1, 0.15) is 0 Å². The normalized spacial score (nSPS) is 59.0. The summed E-state index contributed by atoms with van der Waals surface area (Å²) in [5, 5.41) is 9.89. The van der Waals surface area contributed by atoms with Crippen LogP contribution < -0.4 is 0 Å². The lowest BCUT2D eigenvalue weighted by Gasteiger charge is -2.32. The third kappa shape index (κ3) is 1.52. The van der Waals surface area contributed by atoms with Crippen LogP contribution in [-0.2, 0) is 9.47 Å². The van der Waals surface area contributed by atoms with Gasteiger partial charge in [-0.3, -0.25) is 0 Å². The van der Waals surface area contributed by atoms with Gasteiger partial charge in [0.25, 0.3) is 0 Å². The van der Waals surface area contributed by atoms with Gasteiger partial charge in [-0.05, 0) is 31.6 Å². The van der Waals surface area contributed by atoms with Crippen LogP contribution in [0.3, 0.4) is 0 Å². The number of aliphatic hydroxyl groups excluding tert-OH is 1. The van der Waals surface area contributed by atoms with Gasteiger partial charge in [0.15, 0.2) is 6.29 Å². The molecule has 2 aliphatic carbocycles. The molecule has 0 unspecified atom stereocenters. The molecule has 0 aromatic carbocycles. The van der Waals surface area contributed by atoms with E-state index in [2.05, 4.69) is 0 Å². The van der Waals surface area contributed by atoms with Gasteiger partial charge < -0.3 is 14.6 Å².